The maximum absolute atomic E-state index is 12.9. The third-order valence-corrected chi connectivity index (χ3v) is 22.0. The topological polar surface area (TPSA) is 109 Å². The highest BCUT2D eigenvalue weighted by Crippen LogP contribution is 2.35. The monoisotopic (exact) mass is 1590 g/mol. The summed E-state index contributed by atoms with van der Waals surface area (Å²) in [5.41, 5.74) is 5.71. The van der Waals surface area contributed by atoms with E-state index < -0.39 is 30.4 Å². The van der Waals surface area contributed by atoms with Crippen molar-refractivity contribution in [2.75, 3.05) is 78.5 Å². The van der Waals surface area contributed by atoms with Crippen molar-refractivity contribution < 1.29 is 30.7 Å². The minimum Gasteiger partial charge on any atom is -0.352 e. The first-order valence-electron chi connectivity index (χ1n) is 43.4. The van der Waals surface area contributed by atoms with Crippen LogP contribution in [-0.2, 0) is 0 Å². The Morgan fingerprint density at radius 1 is 0.446 bits per heavy atom. The maximum Gasteiger partial charge on any atom is 0.391 e. The first-order chi connectivity index (χ1) is 52.2. The Morgan fingerprint density at radius 2 is 0.893 bits per heavy atom. The van der Waals surface area contributed by atoms with Crippen LogP contribution in [0.4, 0.5) is 30.7 Å². The van der Waals surface area contributed by atoms with Gasteiger partial charge in [0.2, 0.25) is 0 Å². The third-order valence-electron chi connectivity index (χ3n) is 22.0. The Morgan fingerprint density at radius 3 is 1.17 bits per heavy atom. The molecule has 0 radical (unpaired) electrons. The van der Waals surface area contributed by atoms with Crippen LogP contribution in [0, 0.1) is 58.3 Å². The molecule has 23 heteroatoms. The number of alkyl halides is 7. The summed E-state index contributed by atoms with van der Waals surface area (Å²) in [5, 5.41) is 16.1. The third kappa shape index (κ3) is 45.7. The van der Waals surface area contributed by atoms with Crippen LogP contribution in [0.5, 0.6) is 0 Å². The van der Waals surface area contributed by atoms with E-state index in [2.05, 4.69) is 228 Å². The number of imidazole rings is 1. The number of rotatable bonds is 13. The lowest BCUT2D eigenvalue weighted by Crippen LogP contribution is -2.42. The fraction of sp³-hybridized carbons (Fsp3) is 0.831. The fourth-order valence-corrected chi connectivity index (χ4v) is 13.6. The van der Waals surface area contributed by atoms with Crippen LogP contribution in [-0.4, -0.2) is 217 Å². The molecule has 5 aromatic heterocycles. The lowest BCUT2D eigenvalue weighted by Gasteiger charge is -2.35. The van der Waals surface area contributed by atoms with E-state index in [4.69, 9.17) is 0 Å². The molecule has 0 N–H and O–H groups in total. The van der Waals surface area contributed by atoms with Gasteiger partial charge in [0.05, 0.1) is 35.5 Å². The van der Waals surface area contributed by atoms with E-state index in [0.717, 1.165) is 92.9 Å². The Hall–Kier alpha value is -4.68. The number of hydrogen-bond donors (Lipinski definition) is 0. The summed E-state index contributed by atoms with van der Waals surface area (Å²) in [4.78, 5) is 18.2. The average molecular weight is 1590 g/mol. The van der Waals surface area contributed by atoms with Crippen LogP contribution in [0.3, 0.4) is 0 Å². The van der Waals surface area contributed by atoms with Crippen LogP contribution < -0.4 is 0 Å². The van der Waals surface area contributed by atoms with Gasteiger partial charge in [-0.1, -0.05) is 25.5 Å². The van der Waals surface area contributed by atoms with Gasteiger partial charge >= 0.3 is 6.18 Å². The summed E-state index contributed by atoms with van der Waals surface area (Å²) in [5.74, 6) is -1.20. The van der Waals surface area contributed by atoms with E-state index >= 15 is 0 Å². The number of nitrogens with zero attached hydrogens (tertiary/aromatic N) is 16. The first-order valence-corrected chi connectivity index (χ1v) is 43.4. The van der Waals surface area contributed by atoms with E-state index in [0.29, 0.717) is 86.5 Å². The van der Waals surface area contributed by atoms with Gasteiger partial charge in [0.15, 0.2) is 0 Å². The highest BCUT2D eigenvalue weighted by molar-refractivity contribution is 5.07. The standard InChI is InChI=1S/C10H20FN.C10H21N.C9H16F3N.C9H19N.C8H15F2N.C8H16FN.C8H13N.3C7H12N2.C6H11N3/c1-8(2)12-6-4-10(5-7-12)9(3)11;1-4-10-5-7-11(8-6-10)9(2)3;1-7(2)13-5-3-8(4-6-13)9(10,11)12;1-8(2)10-6-4-5-9(3)7-10;1-7(2)11-5-3-8(9,10)4-6-11;1-7(2)10-5-3-8(9)4-6-10;1-7(2)9-5-4-8(3)6-9;1-6(2)9-4-7(3)8-5-9;1-6(2)9-5-7(3)4-8-9;1-6(2)9-5-4-7(3)8-9;1-5(2)9-4-6(3)7-8-9/h8-10H,4-7H2,1-3H3;9-10H,4-8H2,1-3H3;7-8H,3-6H2,1-2H3;8-9H,4-7H2,1-3H3;7H,3-6H2,1-2H3;7-8H,3-6H2,1-2H3;4-7H,1-3H3;3*4-6H,1-3H3;4-5H,1-3H3/t;;;9-;;;;;;;/m...0......./s1. The predicted octanol–water partition coefficient (Wildman–Crippen LogP) is 22.6. The number of piperidine rings is 6. The smallest absolute Gasteiger partial charge is 0.352 e. The van der Waals surface area contributed by atoms with Crippen LogP contribution in [0.1, 0.15) is 315 Å². The van der Waals surface area contributed by atoms with Gasteiger partial charge in [-0.3, -0.25) is 9.36 Å². The zero-order valence-electron chi connectivity index (χ0n) is 76.6. The molecule has 0 aromatic carbocycles. The molecule has 652 valence electrons. The second-order valence-electron chi connectivity index (χ2n) is 35.5. The number of aryl methyl sites for hydroxylation is 5. The summed E-state index contributed by atoms with van der Waals surface area (Å²) in [6, 6.07) is 10.2. The molecule has 6 fully saturated rings. The van der Waals surface area contributed by atoms with E-state index in [9.17, 15) is 30.7 Å². The van der Waals surface area contributed by atoms with Crippen molar-refractivity contribution in [2.24, 2.45) is 23.7 Å². The zero-order chi connectivity index (χ0) is 85.3. The van der Waals surface area contributed by atoms with Gasteiger partial charge < -0.3 is 38.5 Å². The Labute approximate surface area is 679 Å². The van der Waals surface area contributed by atoms with E-state index in [1.54, 1.807) is 6.92 Å². The van der Waals surface area contributed by atoms with Gasteiger partial charge in [-0.15, -0.1) is 5.10 Å². The van der Waals surface area contributed by atoms with Crippen molar-refractivity contribution in [1.29, 1.82) is 0 Å². The van der Waals surface area contributed by atoms with Gasteiger partial charge in [0.1, 0.15) is 12.3 Å². The van der Waals surface area contributed by atoms with E-state index in [1.807, 2.05) is 113 Å². The van der Waals surface area contributed by atoms with Gasteiger partial charge in [-0.05, 0) is 345 Å². The molecule has 0 amide bonds. The summed E-state index contributed by atoms with van der Waals surface area (Å²) >= 11 is 0. The molecule has 0 saturated carbocycles. The number of halogens is 7. The van der Waals surface area contributed by atoms with Gasteiger partial charge in [0.25, 0.3) is 5.92 Å². The maximum atomic E-state index is 12.9. The second kappa shape index (κ2) is 55.1. The van der Waals surface area contributed by atoms with Crippen LogP contribution in [0.15, 0.2) is 61.8 Å². The molecule has 16 nitrogen and oxygen atoms in total. The minimum absolute atomic E-state index is 0.0329. The van der Waals surface area contributed by atoms with Crippen molar-refractivity contribution in [3.05, 3.63) is 90.0 Å². The first kappa shape index (κ1) is 105. The van der Waals surface area contributed by atoms with Crippen molar-refractivity contribution in [3.63, 3.8) is 0 Å². The Balaban J connectivity index is 0.000000617. The normalized spacial score (nSPS) is 19.1. The molecule has 0 aliphatic carbocycles. The van der Waals surface area contributed by atoms with Crippen LogP contribution in [0.25, 0.3) is 0 Å². The van der Waals surface area contributed by atoms with Crippen molar-refractivity contribution in [3.8, 4) is 0 Å². The highest BCUT2D eigenvalue weighted by atomic mass is 19.4. The fourth-order valence-electron chi connectivity index (χ4n) is 13.6. The van der Waals surface area contributed by atoms with Crippen LogP contribution in [0.2, 0.25) is 0 Å². The molecule has 6 saturated heterocycles. The largest absolute Gasteiger partial charge is 0.391 e. The Kier molecular flexibility index (Phi) is 51.8. The Bertz CT molecular complexity index is 2770. The summed E-state index contributed by atoms with van der Waals surface area (Å²) in [6.45, 7) is 75.4. The molecule has 6 aliphatic heterocycles. The molecular weight excluding hydrogens is 1430 g/mol. The van der Waals surface area contributed by atoms with E-state index in [1.165, 1.54) is 69.4 Å². The quantitative estimate of drug-likeness (QED) is 0.105. The molecule has 11 heterocycles. The van der Waals surface area contributed by atoms with Crippen molar-refractivity contribution >= 4 is 0 Å². The molecule has 6 aliphatic rings. The second-order valence-corrected chi connectivity index (χ2v) is 35.5. The predicted molar refractivity (Wildman–Crippen MR) is 459 cm³/mol. The number of likely N-dealkylation sites (tertiary alicyclic amines) is 6. The molecule has 11 rings (SSSR count). The molecule has 5 aromatic rings. The summed E-state index contributed by atoms with van der Waals surface area (Å²) < 4.78 is 97.5. The highest BCUT2D eigenvalue weighted by Gasteiger charge is 2.41. The van der Waals surface area contributed by atoms with Gasteiger partial charge in [-0.2, -0.15) is 23.4 Å². The summed E-state index contributed by atoms with van der Waals surface area (Å²) in [6.07, 6.45) is 22.1. The molecule has 2 atom stereocenters. The molecule has 0 spiro atoms. The van der Waals surface area contributed by atoms with Crippen LogP contribution >= 0.6 is 0 Å². The minimum atomic E-state index is -3.98. The lowest BCUT2D eigenvalue weighted by molar-refractivity contribution is -0.185. The molecular formula is C89H167F7N16. The van der Waals surface area contributed by atoms with Crippen molar-refractivity contribution in [1.82, 2.24) is 78.1 Å². The molecule has 1 unspecified atom stereocenters. The summed E-state index contributed by atoms with van der Waals surface area (Å²) in [7, 11) is 0. The SMILES string of the molecule is CC(C)N1CCC(C(F)(F)F)CC1.CC(C)N1CCC(F)(F)CC1.CC(C)N1CCC(F)CC1.CC(C)N1CCC[C@H](C)C1.CC(F)C1CCN(C(C)C)CC1.CCC1CCN(C(C)C)CC1.Cc1ccn(C(C)C)c1.Cc1ccn(C(C)C)n1.Cc1cn(C(C)C)cn1.Cc1cn(C(C)C)nn1.Cc1cnn(C(C)C)c1. The number of hydrogen-bond acceptors (Lipinski definition) is 11. The average Bonchev–Trinajstić information content (AvgIpc) is 1.46. The van der Waals surface area contributed by atoms with Gasteiger partial charge in [0, 0.05) is 149 Å². The zero-order valence-corrected chi connectivity index (χ0v) is 76.6. The van der Waals surface area contributed by atoms with Gasteiger partial charge in [-0.25, -0.2) is 27.2 Å². The lowest BCUT2D eigenvalue weighted by atomic mass is 9.92. The van der Waals surface area contributed by atoms with Crippen molar-refractivity contribution in [2.45, 2.75) is 382 Å². The molecule has 112 heavy (non-hydrogen) atoms. The number of aromatic nitrogens is 10. The molecule has 0 bridgehead atoms. The van der Waals surface area contributed by atoms with E-state index in [-0.39, 0.29) is 25.7 Å².